The third-order valence-electron chi connectivity index (χ3n) is 4.33. The van der Waals surface area contributed by atoms with Crippen LogP contribution in [0.25, 0.3) is 5.65 Å². The summed E-state index contributed by atoms with van der Waals surface area (Å²) in [6.07, 6.45) is 3.50. The van der Waals surface area contributed by atoms with Crippen molar-refractivity contribution in [2.75, 3.05) is 0 Å². The summed E-state index contributed by atoms with van der Waals surface area (Å²) in [5.41, 5.74) is -0.0553. The summed E-state index contributed by atoms with van der Waals surface area (Å²) in [4.78, 5) is 40.3. The van der Waals surface area contributed by atoms with Gasteiger partial charge < -0.3 is 10.4 Å². The van der Waals surface area contributed by atoms with Crippen molar-refractivity contribution < 1.29 is 14.7 Å². The van der Waals surface area contributed by atoms with Gasteiger partial charge in [-0.2, -0.15) is 0 Å². The molecule has 0 aliphatic carbocycles. The average molecular weight is 331 g/mol. The van der Waals surface area contributed by atoms with Crippen molar-refractivity contribution in [3.63, 3.8) is 0 Å². The van der Waals surface area contributed by atoms with E-state index in [0.29, 0.717) is 18.5 Å². The van der Waals surface area contributed by atoms with Gasteiger partial charge in [-0.25, -0.2) is 4.98 Å². The van der Waals surface area contributed by atoms with Crippen molar-refractivity contribution in [3.05, 3.63) is 46.0 Å². The van der Waals surface area contributed by atoms with E-state index in [4.69, 9.17) is 5.11 Å². The molecule has 128 valence electrons. The minimum atomic E-state index is -0.997. The smallest absolute Gasteiger partial charge is 0.305 e. The molecule has 0 aliphatic rings. The number of aryl methyl sites for hydroxylation is 1. The Labute approximate surface area is 139 Å². The van der Waals surface area contributed by atoms with Crippen LogP contribution in [0.1, 0.15) is 49.0 Å². The summed E-state index contributed by atoms with van der Waals surface area (Å²) in [7, 11) is 0. The standard InChI is InChI=1S/C17H21N3O4/c1-4-17(5-2,9-14(21)22)19-15(23)12-10-18-13-8-11(3)6-7-20(13)16(12)24/h6-8,10H,4-5,9H2,1-3H3,(H,19,23)(H,21,22). The van der Waals surface area contributed by atoms with Crippen molar-refractivity contribution in [3.8, 4) is 0 Å². The molecule has 0 fully saturated rings. The molecule has 0 aliphatic heterocycles. The van der Waals surface area contributed by atoms with Gasteiger partial charge in [-0.3, -0.25) is 18.8 Å². The number of carboxylic acid groups (broad SMARTS) is 1. The zero-order valence-corrected chi connectivity index (χ0v) is 14.0. The highest BCUT2D eigenvalue weighted by Crippen LogP contribution is 2.20. The second-order valence-corrected chi connectivity index (χ2v) is 5.92. The number of carbonyl (C=O) groups excluding carboxylic acids is 1. The molecule has 7 nitrogen and oxygen atoms in total. The van der Waals surface area contributed by atoms with Gasteiger partial charge in [0.1, 0.15) is 11.2 Å². The average Bonchev–Trinajstić information content (AvgIpc) is 2.53. The number of nitrogens with zero attached hydrogens (tertiary/aromatic N) is 2. The van der Waals surface area contributed by atoms with Crippen LogP contribution < -0.4 is 10.9 Å². The monoisotopic (exact) mass is 331 g/mol. The van der Waals surface area contributed by atoms with Crippen LogP contribution in [0.4, 0.5) is 0 Å². The SMILES string of the molecule is CCC(CC)(CC(=O)O)NC(=O)c1cnc2cc(C)ccn2c1=O. The van der Waals surface area contributed by atoms with Crippen molar-refractivity contribution in [2.24, 2.45) is 0 Å². The number of carbonyl (C=O) groups is 2. The number of nitrogens with one attached hydrogen (secondary N) is 1. The molecule has 0 saturated heterocycles. The first-order valence-corrected chi connectivity index (χ1v) is 7.84. The van der Waals surface area contributed by atoms with Crippen LogP contribution in [-0.4, -0.2) is 31.9 Å². The quantitative estimate of drug-likeness (QED) is 0.840. The van der Waals surface area contributed by atoms with E-state index in [2.05, 4.69) is 10.3 Å². The Morgan fingerprint density at radius 1 is 1.33 bits per heavy atom. The van der Waals surface area contributed by atoms with E-state index in [1.54, 1.807) is 32.2 Å². The molecule has 7 heteroatoms. The highest BCUT2D eigenvalue weighted by Gasteiger charge is 2.32. The lowest BCUT2D eigenvalue weighted by Gasteiger charge is -2.31. The number of hydrogen-bond acceptors (Lipinski definition) is 4. The van der Waals surface area contributed by atoms with Gasteiger partial charge in [0.25, 0.3) is 11.5 Å². The van der Waals surface area contributed by atoms with Gasteiger partial charge in [-0.05, 0) is 37.5 Å². The second-order valence-electron chi connectivity index (χ2n) is 5.92. The lowest BCUT2D eigenvalue weighted by atomic mass is 9.88. The lowest BCUT2D eigenvalue weighted by molar-refractivity contribution is -0.138. The number of carboxylic acids is 1. The van der Waals surface area contributed by atoms with Crippen molar-refractivity contribution >= 4 is 17.5 Å². The topological polar surface area (TPSA) is 101 Å². The molecule has 1 amide bonds. The molecular formula is C17H21N3O4. The van der Waals surface area contributed by atoms with E-state index >= 15 is 0 Å². The van der Waals surface area contributed by atoms with Crippen LogP contribution >= 0.6 is 0 Å². The molecule has 2 rings (SSSR count). The number of aromatic nitrogens is 2. The van der Waals surface area contributed by atoms with Crippen LogP contribution in [0, 0.1) is 6.92 Å². The summed E-state index contributed by atoms with van der Waals surface area (Å²) in [6, 6.07) is 3.50. The first-order valence-electron chi connectivity index (χ1n) is 7.84. The summed E-state index contributed by atoms with van der Waals surface area (Å²) < 4.78 is 1.30. The van der Waals surface area contributed by atoms with Crippen molar-refractivity contribution in [1.29, 1.82) is 0 Å². The zero-order chi connectivity index (χ0) is 17.9. The number of amides is 1. The highest BCUT2D eigenvalue weighted by molar-refractivity contribution is 5.94. The Hall–Kier alpha value is -2.70. The Morgan fingerprint density at radius 3 is 2.58 bits per heavy atom. The van der Waals surface area contributed by atoms with E-state index in [9.17, 15) is 14.4 Å². The van der Waals surface area contributed by atoms with E-state index in [0.717, 1.165) is 5.56 Å². The summed E-state index contributed by atoms with van der Waals surface area (Å²) in [5, 5.41) is 11.8. The molecule has 2 aromatic rings. The molecule has 24 heavy (non-hydrogen) atoms. The maximum Gasteiger partial charge on any atom is 0.305 e. The Kier molecular flexibility index (Phi) is 5.02. The van der Waals surface area contributed by atoms with Crippen molar-refractivity contribution in [1.82, 2.24) is 14.7 Å². The number of aliphatic carboxylic acids is 1. The molecule has 0 atom stereocenters. The van der Waals surface area contributed by atoms with E-state index < -0.39 is 23.0 Å². The number of pyridine rings is 1. The molecule has 0 saturated carbocycles. The fourth-order valence-corrected chi connectivity index (χ4v) is 2.65. The molecule has 0 aromatic carbocycles. The highest BCUT2D eigenvalue weighted by atomic mass is 16.4. The van der Waals surface area contributed by atoms with Gasteiger partial charge in [0.15, 0.2) is 0 Å². The lowest BCUT2D eigenvalue weighted by Crippen LogP contribution is -2.50. The maximum atomic E-state index is 12.5. The normalized spacial score (nSPS) is 11.5. The van der Waals surface area contributed by atoms with Crippen LogP contribution in [0.5, 0.6) is 0 Å². The number of fused-ring (bicyclic) bond motifs is 1. The molecule has 2 N–H and O–H groups in total. The van der Waals surface area contributed by atoms with Gasteiger partial charge in [0.2, 0.25) is 0 Å². The number of rotatable bonds is 6. The minimum absolute atomic E-state index is 0.104. The zero-order valence-electron chi connectivity index (χ0n) is 14.0. The molecule has 0 radical (unpaired) electrons. The summed E-state index contributed by atoms with van der Waals surface area (Å²) >= 11 is 0. The maximum absolute atomic E-state index is 12.5. The van der Waals surface area contributed by atoms with Gasteiger partial charge in [0, 0.05) is 12.4 Å². The molecule has 2 heterocycles. The number of hydrogen-bond donors (Lipinski definition) is 2. The van der Waals surface area contributed by atoms with Crippen molar-refractivity contribution in [2.45, 2.75) is 45.6 Å². The third-order valence-corrected chi connectivity index (χ3v) is 4.33. The Bertz CT molecular complexity index is 837. The van der Waals surface area contributed by atoms with E-state index in [-0.39, 0.29) is 12.0 Å². The third kappa shape index (κ3) is 3.45. The first-order chi connectivity index (χ1) is 11.3. The van der Waals surface area contributed by atoms with E-state index in [1.807, 2.05) is 6.92 Å². The molecule has 2 aromatic heterocycles. The largest absolute Gasteiger partial charge is 0.481 e. The molecule has 0 spiro atoms. The second kappa shape index (κ2) is 6.82. The summed E-state index contributed by atoms with van der Waals surface area (Å²) in [5.74, 6) is -1.60. The van der Waals surface area contributed by atoms with Gasteiger partial charge >= 0.3 is 5.97 Å². The van der Waals surface area contributed by atoms with Gasteiger partial charge in [-0.15, -0.1) is 0 Å². The molecule has 0 unspecified atom stereocenters. The molecular weight excluding hydrogens is 310 g/mol. The Balaban J connectivity index is 2.40. The Morgan fingerprint density at radius 2 is 2.00 bits per heavy atom. The van der Waals surface area contributed by atoms with Gasteiger partial charge in [-0.1, -0.05) is 13.8 Å². The van der Waals surface area contributed by atoms with Crippen LogP contribution in [0.2, 0.25) is 0 Å². The van der Waals surface area contributed by atoms with Gasteiger partial charge in [0.05, 0.1) is 12.0 Å². The first kappa shape index (κ1) is 17.7. The van der Waals surface area contributed by atoms with Crippen LogP contribution in [-0.2, 0) is 4.79 Å². The van der Waals surface area contributed by atoms with E-state index in [1.165, 1.54) is 10.6 Å². The molecule has 0 bridgehead atoms. The van der Waals surface area contributed by atoms with Crippen LogP contribution in [0.3, 0.4) is 0 Å². The van der Waals surface area contributed by atoms with Crippen LogP contribution in [0.15, 0.2) is 29.3 Å². The predicted octanol–water partition coefficient (Wildman–Crippen LogP) is 1.77. The summed E-state index contributed by atoms with van der Waals surface area (Å²) in [6.45, 7) is 5.50. The minimum Gasteiger partial charge on any atom is -0.481 e. The fourth-order valence-electron chi connectivity index (χ4n) is 2.65. The predicted molar refractivity (Wildman–Crippen MR) is 89.2 cm³/mol. The fraction of sp³-hybridized carbons (Fsp3) is 0.412.